The minimum absolute atomic E-state index is 0.159. The lowest BCUT2D eigenvalue weighted by molar-refractivity contribution is -0.145. The maximum Gasteiger partial charge on any atom is 0.261 e. The first-order valence-electron chi connectivity index (χ1n) is 2.99. The molecule has 1 fully saturated rings. The summed E-state index contributed by atoms with van der Waals surface area (Å²) >= 11 is 10.9. The Hall–Kier alpha value is -0.480. The molecule has 0 aliphatic carbocycles. The standard InChI is InChI=1S/C5H6Cl2N2O2/c1-3-5(11)8(6)2-4(10)9(3)7/h3H,2H2,1H3. The number of rotatable bonds is 0. The molecule has 0 bridgehead atoms. The smallest absolute Gasteiger partial charge is 0.261 e. The topological polar surface area (TPSA) is 40.6 Å². The Morgan fingerprint density at radius 3 is 2.55 bits per heavy atom. The van der Waals surface area contributed by atoms with Gasteiger partial charge >= 0.3 is 0 Å². The molecular weight excluding hydrogens is 191 g/mol. The minimum atomic E-state index is -0.671. The van der Waals surface area contributed by atoms with Gasteiger partial charge in [-0.1, -0.05) is 0 Å². The molecule has 1 aliphatic heterocycles. The number of halogens is 2. The molecule has 4 nitrogen and oxygen atoms in total. The number of hydrogen-bond acceptors (Lipinski definition) is 2. The highest BCUT2D eigenvalue weighted by Crippen LogP contribution is 2.15. The van der Waals surface area contributed by atoms with Crippen LogP contribution in [0, 0.1) is 0 Å². The monoisotopic (exact) mass is 196 g/mol. The Morgan fingerprint density at radius 1 is 1.45 bits per heavy atom. The van der Waals surface area contributed by atoms with Gasteiger partial charge in [-0.2, -0.15) is 0 Å². The van der Waals surface area contributed by atoms with Crippen LogP contribution in [-0.4, -0.2) is 33.2 Å². The maximum absolute atomic E-state index is 11.0. The second-order valence-electron chi connectivity index (χ2n) is 2.24. The molecule has 0 N–H and O–H groups in total. The van der Waals surface area contributed by atoms with Crippen molar-refractivity contribution in [3.05, 3.63) is 0 Å². The quantitative estimate of drug-likeness (QED) is 0.526. The highest BCUT2D eigenvalue weighted by Gasteiger charge is 2.35. The van der Waals surface area contributed by atoms with Gasteiger partial charge < -0.3 is 0 Å². The second kappa shape index (κ2) is 2.87. The molecule has 11 heavy (non-hydrogen) atoms. The van der Waals surface area contributed by atoms with Crippen molar-refractivity contribution in [2.45, 2.75) is 13.0 Å². The molecular formula is C5H6Cl2N2O2. The van der Waals surface area contributed by atoms with Crippen molar-refractivity contribution in [1.29, 1.82) is 0 Å². The zero-order valence-corrected chi connectivity index (χ0v) is 7.26. The van der Waals surface area contributed by atoms with Gasteiger partial charge in [0, 0.05) is 23.6 Å². The Balaban J connectivity index is 2.78. The Bertz CT molecular complexity index is 209. The molecule has 62 valence electrons. The average molecular weight is 197 g/mol. The molecule has 0 saturated carbocycles. The van der Waals surface area contributed by atoms with Crippen LogP contribution in [0.15, 0.2) is 0 Å². The van der Waals surface area contributed by atoms with Crippen LogP contribution < -0.4 is 0 Å². The van der Waals surface area contributed by atoms with Crippen molar-refractivity contribution >= 4 is 35.4 Å². The van der Waals surface area contributed by atoms with Crippen LogP contribution in [0.5, 0.6) is 0 Å². The first-order chi connectivity index (χ1) is 5.04. The third kappa shape index (κ3) is 1.41. The number of amides is 2. The maximum atomic E-state index is 11.0. The zero-order chi connectivity index (χ0) is 8.59. The van der Waals surface area contributed by atoms with E-state index in [1.54, 1.807) is 0 Å². The molecule has 0 aromatic heterocycles. The van der Waals surface area contributed by atoms with E-state index in [4.69, 9.17) is 23.6 Å². The molecule has 0 aromatic carbocycles. The van der Waals surface area contributed by atoms with Gasteiger partial charge in [0.15, 0.2) is 0 Å². The lowest BCUT2D eigenvalue weighted by Crippen LogP contribution is -2.51. The number of nitrogens with zero attached hydrogens (tertiary/aromatic N) is 2. The summed E-state index contributed by atoms with van der Waals surface area (Å²) in [6.07, 6.45) is 0. The van der Waals surface area contributed by atoms with Gasteiger partial charge in [-0.25, -0.2) is 8.84 Å². The van der Waals surface area contributed by atoms with Crippen LogP contribution in [0.25, 0.3) is 0 Å². The summed E-state index contributed by atoms with van der Waals surface area (Å²) in [5.74, 6) is -0.727. The summed E-state index contributed by atoms with van der Waals surface area (Å²) < 4.78 is 1.70. The number of carbonyl (C=O) groups is 2. The third-order valence-electron chi connectivity index (χ3n) is 1.45. The molecule has 1 rings (SSSR count). The average Bonchev–Trinajstić information content (AvgIpc) is 1.97. The van der Waals surface area contributed by atoms with Crippen molar-refractivity contribution in [1.82, 2.24) is 8.84 Å². The SMILES string of the molecule is CC1C(=O)N(Cl)CC(=O)N1Cl. The van der Waals surface area contributed by atoms with Crippen LogP contribution in [0.2, 0.25) is 0 Å². The molecule has 0 spiro atoms. The summed E-state index contributed by atoms with van der Waals surface area (Å²) in [6, 6.07) is -0.671. The Labute approximate surface area is 73.9 Å². The largest absolute Gasteiger partial charge is 0.271 e. The molecule has 1 unspecified atom stereocenters. The lowest BCUT2D eigenvalue weighted by atomic mass is 10.2. The van der Waals surface area contributed by atoms with E-state index in [1.165, 1.54) is 6.92 Å². The summed E-state index contributed by atoms with van der Waals surface area (Å²) in [6.45, 7) is 1.36. The molecule has 2 amide bonds. The molecule has 6 heteroatoms. The van der Waals surface area contributed by atoms with Crippen molar-refractivity contribution in [2.75, 3.05) is 6.54 Å². The van der Waals surface area contributed by atoms with Gasteiger partial charge in [-0.3, -0.25) is 9.59 Å². The highest BCUT2D eigenvalue weighted by atomic mass is 35.5. The van der Waals surface area contributed by atoms with E-state index in [1.807, 2.05) is 0 Å². The van der Waals surface area contributed by atoms with E-state index in [-0.39, 0.29) is 18.4 Å². The first kappa shape index (κ1) is 8.62. The molecule has 1 atom stereocenters. The number of piperazine rings is 1. The summed E-state index contributed by atoms with van der Waals surface area (Å²) in [7, 11) is 0. The molecule has 0 radical (unpaired) electrons. The summed E-state index contributed by atoms with van der Waals surface area (Å²) in [5, 5.41) is 0. The fraction of sp³-hybridized carbons (Fsp3) is 0.600. The Kier molecular flexibility index (Phi) is 2.25. The van der Waals surface area contributed by atoms with E-state index in [9.17, 15) is 9.59 Å². The first-order valence-corrected chi connectivity index (χ1v) is 3.66. The van der Waals surface area contributed by atoms with E-state index >= 15 is 0 Å². The minimum Gasteiger partial charge on any atom is -0.271 e. The van der Waals surface area contributed by atoms with E-state index < -0.39 is 6.04 Å². The van der Waals surface area contributed by atoms with Crippen molar-refractivity contribution in [2.24, 2.45) is 0 Å². The molecule has 1 aliphatic rings. The predicted molar refractivity (Wildman–Crippen MR) is 39.7 cm³/mol. The van der Waals surface area contributed by atoms with E-state index in [0.29, 0.717) is 0 Å². The van der Waals surface area contributed by atoms with Gasteiger partial charge in [0.1, 0.15) is 12.6 Å². The summed E-state index contributed by atoms with van der Waals surface area (Å²) in [4.78, 5) is 21.9. The lowest BCUT2D eigenvalue weighted by Gasteiger charge is -2.29. The van der Waals surface area contributed by atoms with Gasteiger partial charge in [0.2, 0.25) is 0 Å². The summed E-state index contributed by atoms with van der Waals surface area (Å²) in [5.41, 5.74) is 0. The fourth-order valence-corrected chi connectivity index (χ4v) is 1.16. The van der Waals surface area contributed by atoms with Crippen molar-refractivity contribution < 1.29 is 9.59 Å². The van der Waals surface area contributed by atoms with Crippen LogP contribution in [0.3, 0.4) is 0 Å². The number of hydrogen-bond donors (Lipinski definition) is 0. The van der Waals surface area contributed by atoms with E-state index in [2.05, 4.69) is 0 Å². The zero-order valence-electron chi connectivity index (χ0n) is 5.75. The second-order valence-corrected chi connectivity index (χ2v) is 3.01. The predicted octanol–water partition coefficient (Wildman–Crippen LogP) is 0.353. The molecule has 1 saturated heterocycles. The van der Waals surface area contributed by atoms with Gasteiger partial charge in [0.05, 0.1) is 0 Å². The van der Waals surface area contributed by atoms with Gasteiger partial charge in [0.25, 0.3) is 11.8 Å². The van der Waals surface area contributed by atoms with Crippen molar-refractivity contribution in [3.63, 3.8) is 0 Å². The molecule has 1 heterocycles. The van der Waals surface area contributed by atoms with Crippen LogP contribution in [0.1, 0.15) is 6.92 Å². The van der Waals surface area contributed by atoms with Crippen LogP contribution in [-0.2, 0) is 9.59 Å². The Morgan fingerprint density at radius 2 is 2.00 bits per heavy atom. The van der Waals surface area contributed by atoms with Crippen molar-refractivity contribution in [3.8, 4) is 0 Å². The van der Waals surface area contributed by atoms with Crippen LogP contribution in [0.4, 0.5) is 0 Å². The fourth-order valence-electron chi connectivity index (χ4n) is 0.780. The van der Waals surface area contributed by atoms with Crippen LogP contribution >= 0.6 is 23.6 Å². The normalized spacial score (nSPS) is 26.3. The third-order valence-corrected chi connectivity index (χ3v) is 2.22. The van der Waals surface area contributed by atoms with E-state index in [0.717, 1.165) is 8.84 Å². The number of carbonyl (C=O) groups excluding carboxylic acids is 2. The molecule has 0 aromatic rings. The highest BCUT2D eigenvalue weighted by molar-refractivity contribution is 6.29. The van der Waals surface area contributed by atoms with Gasteiger partial charge in [-0.15, -0.1) is 0 Å². The van der Waals surface area contributed by atoms with Gasteiger partial charge in [-0.05, 0) is 6.92 Å².